The van der Waals surface area contributed by atoms with Crippen molar-refractivity contribution in [3.05, 3.63) is 46.8 Å². The Kier molecular flexibility index (Phi) is 3.51. The van der Waals surface area contributed by atoms with Crippen molar-refractivity contribution < 1.29 is 13.9 Å². The molecule has 1 aromatic carbocycles. The molecule has 2 rings (SSSR count). The lowest BCUT2D eigenvalue weighted by Crippen LogP contribution is -1.96. The Hall–Kier alpha value is -1.42. The Morgan fingerprint density at radius 2 is 2.00 bits per heavy atom. The first-order valence-corrected chi connectivity index (χ1v) is 5.57. The number of furan rings is 1. The van der Waals surface area contributed by atoms with Crippen molar-refractivity contribution in [2.24, 2.45) is 0 Å². The number of hydrogen-bond donors (Lipinski definition) is 0. The summed E-state index contributed by atoms with van der Waals surface area (Å²) in [7, 11) is 1.62. The van der Waals surface area contributed by atoms with Gasteiger partial charge in [0.25, 0.3) is 0 Å². The molecule has 0 spiro atoms. The third-order valence-corrected chi connectivity index (χ3v) is 2.50. The third kappa shape index (κ3) is 2.58. The monoisotopic (exact) mass is 282 g/mol. The average molecular weight is 283 g/mol. The topological polar surface area (TPSA) is 31.6 Å². The van der Waals surface area contributed by atoms with E-state index in [0.717, 1.165) is 17.1 Å². The van der Waals surface area contributed by atoms with Gasteiger partial charge in [0.15, 0.2) is 16.2 Å². The quantitative estimate of drug-likeness (QED) is 0.858. The van der Waals surface area contributed by atoms with Crippen LogP contribution in [0, 0.1) is 0 Å². The summed E-state index contributed by atoms with van der Waals surface area (Å²) in [6.07, 6.45) is 1.65. The average Bonchev–Trinajstić information content (AvgIpc) is 2.73. The van der Waals surface area contributed by atoms with Gasteiger partial charge in [-0.2, -0.15) is 0 Å². The molecule has 0 unspecified atom stereocenters. The van der Waals surface area contributed by atoms with Crippen molar-refractivity contribution in [2.45, 2.75) is 6.61 Å². The molecule has 0 bridgehead atoms. The molecule has 3 nitrogen and oxygen atoms in total. The minimum absolute atomic E-state index is 0.454. The Labute approximate surface area is 102 Å². The van der Waals surface area contributed by atoms with Gasteiger partial charge in [0, 0.05) is 5.56 Å². The van der Waals surface area contributed by atoms with Gasteiger partial charge in [0.2, 0.25) is 0 Å². The van der Waals surface area contributed by atoms with E-state index >= 15 is 0 Å². The van der Waals surface area contributed by atoms with Crippen LogP contribution in [0.4, 0.5) is 0 Å². The summed E-state index contributed by atoms with van der Waals surface area (Å²) in [5.41, 5.74) is 0.970. The van der Waals surface area contributed by atoms with Gasteiger partial charge in [-0.05, 0) is 34.1 Å². The summed E-state index contributed by atoms with van der Waals surface area (Å²) in [4.78, 5) is 0. The van der Waals surface area contributed by atoms with Crippen LogP contribution >= 0.6 is 15.9 Å². The Morgan fingerprint density at radius 1 is 1.25 bits per heavy atom. The molecule has 0 N–H and O–H groups in total. The molecule has 1 heterocycles. The second-order valence-electron chi connectivity index (χ2n) is 3.20. The van der Waals surface area contributed by atoms with E-state index in [-0.39, 0.29) is 0 Å². The van der Waals surface area contributed by atoms with Gasteiger partial charge in [0.05, 0.1) is 13.4 Å². The molecule has 0 fully saturated rings. The molecule has 0 saturated carbocycles. The highest BCUT2D eigenvalue weighted by molar-refractivity contribution is 9.10. The summed E-state index contributed by atoms with van der Waals surface area (Å²) in [6, 6.07) is 9.41. The van der Waals surface area contributed by atoms with Crippen LogP contribution in [0.25, 0.3) is 0 Å². The first-order chi connectivity index (χ1) is 7.79. The number of halogens is 1. The van der Waals surface area contributed by atoms with Gasteiger partial charge >= 0.3 is 0 Å². The summed E-state index contributed by atoms with van der Waals surface area (Å²) < 4.78 is 16.6. The maximum atomic E-state index is 5.62. The van der Waals surface area contributed by atoms with Crippen LogP contribution in [0.15, 0.2) is 45.7 Å². The minimum atomic E-state index is 0.454. The number of hydrogen-bond acceptors (Lipinski definition) is 3. The standard InChI is InChI=1S/C12H11BrO3/c1-14-10-4-2-3-5-11(10)15-7-9-6-12(13)16-8-9/h2-6,8H,7H2,1H3. The molecule has 0 saturated heterocycles. The zero-order chi connectivity index (χ0) is 11.4. The van der Waals surface area contributed by atoms with Crippen LogP contribution in [0.3, 0.4) is 0 Å². The van der Waals surface area contributed by atoms with E-state index in [1.54, 1.807) is 13.4 Å². The molecule has 1 aromatic heterocycles. The van der Waals surface area contributed by atoms with E-state index in [2.05, 4.69) is 15.9 Å². The maximum absolute atomic E-state index is 5.62. The molecule has 0 radical (unpaired) electrons. The van der Waals surface area contributed by atoms with E-state index < -0.39 is 0 Å². The second kappa shape index (κ2) is 5.07. The van der Waals surface area contributed by atoms with Crippen molar-refractivity contribution in [3.63, 3.8) is 0 Å². The first kappa shape index (κ1) is 11.1. The highest BCUT2D eigenvalue weighted by Crippen LogP contribution is 2.27. The number of rotatable bonds is 4. The van der Waals surface area contributed by atoms with Crippen molar-refractivity contribution in [2.75, 3.05) is 7.11 Å². The van der Waals surface area contributed by atoms with Gasteiger partial charge in [-0.15, -0.1) is 0 Å². The van der Waals surface area contributed by atoms with Crippen LogP contribution in [0.1, 0.15) is 5.56 Å². The molecule has 84 valence electrons. The predicted octanol–water partition coefficient (Wildman–Crippen LogP) is 3.63. The maximum Gasteiger partial charge on any atom is 0.169 e. The minimum Gasteiger partial charge on any atom is -0.493 e. The van der Waals surface area contributed by atoms with Crippen LogP contribution in [-0.2, 0) is 6.61 Å². The number of benzene rings is 1. The zero-order valence-corrected chi connectivity index (χ0v) is 10.4. The van der Waals surface area contributed by atoms with Crippen LogP contribution in [-0.4, -0.2) is 7.11 Å². The fourth-order valence-electron chi connectivity index (χ4n) is 1.32. The van der Waals surface area contributed by atoms with Gasteiger partial charge in [-0.25, -0.2) is 0 Å². The third-order valence-electron chi connectivity index (χ3n) is 2.09. The summed E-state index contributed by atoms with van der Waals surface area (Å²) in [5, 5.41) is 0. The highest BCUT2D eigenvalue weighted by Gasteiger charge is 2.04. The van der Waals surface area contributed by atoms with E-state index in [4.69, 9.17) is 13.9 Å². The summed E-state index contributed by atoms with van der Waals surface area (Å²) >= 11 is 3.24. The van der Waals surface area contributed by atoms with Crippen molar-refractivity contribution in [3.8, 4) is 11.5 Å². The summed E-state index contributed by atoms with van der Waals surface area (Å²) in [6.45, 7) is 0.454. The van der Waals surface area contributed by atoms with E-state index in [1.807, 2.05) is 30.3 Å². The smallest absolute Gasteiger partial charge is 0.169 e. The highest BCUT2D eigenvalue weighted by atomic mass is 79.9. The van der Waals surface area contributed by atoms with Crippen molar-refractivity contribution in [1.82, 2.24) is 0 Å². The van der Waals surface area contributed by atoms with E-state index in [0.29, 0.717) is 11.3 Å². The van der Waals surface area contributed by atoms with Crippen LogP contribution in [0.5, 0.6) is 11.5 Å². The Morgan fingerprint density at radius 3 is 2.62 bits per heavy atom. The second-order valence-corrected chi connectivity index (χ2v) is 3.98. The number of ether oxygens (including phenoxy) is 2. The van der Waals surface area contributed by atoms with E-state index in [9.17, 15) is 0 Å². The van der Waals surface area contributed by atoms with Gasteiger partial charge in [0.1, 0.15) is 6.61 Å². The summed E-state index contributed by atoms with van der Waals surface area (Å²) in [5.74, 6) is 1.45. The lowest BCUT2D eigenvalue weighted by molar-refractivity contribution is 0.283. The van der Waals surface area contributed by atoms with Crippen molar-refractivity contribution >= 4 is 15.9 Å². The molecular weight excluding hydrogens is 272 g/mol. The molecule has 0 atom stereocenters. The van der Waals surface area contributed by atoms with Gasteiger partial charge in [-0.1, -0.05) is 12.1 Å². The fraction of sp³-hybridized carbons (Fsp3) is 0.167. The van der Waals surface area contributed by atoms with Gasteiger partial charge < -0.3 is 13.9 Å². The molecule has 16 heavy (non-hydrogen) atoms. The SMILES string of the molecule is COc1ccccc1OCc1coc(Br)c1. The zero-order valence-electron chi connectivity index (χ0n) is 8.77. The first-order valence-electron chi connectivity index (χ1n) is 4.78. The Bertz CT molecular complexity index is 465. The van der Waals surface area contributed by atoms with Crippen molar-refractivity contribution in [1.29, 1.82) is 0 Å². The fourth-order valence-corrected chi connectivity index (χ4v) is 1.71. The molecule has 0 aliphatic rings. The Balaban J connectivity index is 2.04. The molecule has 0 aliphatic heterocycles. The molecule has 2 aromatic rings. The normalized spacial score (nSPS) is 10.1. The van der Waals surface area contributed by atoms with Gasteiger partial charge in [-0.3, -0.25) is 0 Å². The predicted molar refractivity (Wildman–Crippen MR) is 63.7 cm³/mol. The number of para-hydroxylation sites is 2. The molecule has 0 amide bonds. The lowest BCUT2D eigenvalue weighted by atomic mass is 10.3. The largest absolute Gasteiger partial charge is 0.493 e. The van der Waals surface area contributed by atoms with Crippen LogP contribution in [0.2, 0.25) is 0 Å². The lowest BCUT2D eigenvalue weighted by Gasteiger charge is -2.08. The van der Waals surface area contributed by atoms with E-state index in [1.165, 1.54) is 0 Å². The molecular formula is C12H11BrO3. The number of methoxy groups -OCH3 is 1. The van der Waals surface area contributed by atoms with Crippen LogP contribution < -0.4 is 9.47 Å². The molecule has 0 aliphatic carbocycles. The molecule has 4 heteroatoms.